The van der Waals surface area contributed by atoms with Crippen LogP contribution >= 0.6 is 0 Å². The van der Waals surface area contributed by atoms with Gasteiger partial charge in [-0.05, 0) is 19.3 Å². The van der Waals surface area contributed by atoms with Gasteiger partial charge in [-0.3, -0.25) is 4.79 Å². The Morgan fingerprint density at radius 1 is 1.43 bits per heavy atom. The Morgan fingerprint density at radius 3 is 2.50 bits per heavy atom. The Kier molecular flexibility index (Phi) is 7.42. The molecule has 0 radical (unpaired) electrons. The van der Waals surface area contributed by atoms with Crippen molar-refractivity contribution in [2.75, 3.05) is 6.61 Å². The topological polar surface area (TPSA) is 75.4 Å². The number of hydrogen-bond acceptors (Lipinski definition) is 3. The second kappa shape index (κ2) is 7.76. The lowest BCUT2D eigenvalue weighted by molar-refractivity contribution is -0.122. The fourth-order valence-electron chi connectivity index (χ4n) is 1.20. The van der Waals surface area contributed by atoms with Gasteiger partial charge in [0.25, 0.3) is 0 Å². The first kappa shape index (κ1) is 13.4. The molecule has 2 unspecified atom stereocenters. The van der Waals surface area contributed by atoms with Gasteiger partial charge >= 0.3 is 0 Å². The molecule has 0 aromatic rings. The molecule has 2 atom stereocenters. The van der Waals surface area contributed by atoms with E-state index in [0.717, 1.165) is 12.8 Å². The molecule has 0 aliphatic carbocycles. The van der Waals surface area contributed by atoms with Gasteiger partial charge in [-0.1, -0.05) is 13.8 Å². The molecule has 0 aromatic heterocycles. The van der Waals surface area contributed by atoms with Crippen molar-refractivity contribution in [3.63, 3.8) is 0 Å². The summed E-state index contributed by atoms with van der Waals surface area (Å²) in [5.41, 5.74) is 5.65. The predicted molar refractivity (Wildman–Crippen MR) is 56.8 cm³/mol. The molecular formula is C10H22N2O2. The molecule has 0 aliphatic heterocycles. The summed E-state index contributed by atoms with van der Waals surface area (Å²) in [5, 5.41) is 11.6. The number of carbonyl (C=O) groups excluding carboxylic acids is 1. The quantitative estimate of drug-likeness (QED) is 0.559. The second-order valence-electron chi connectivity index (χ2n) is 3.56. The minimum absolute atomic E-state index is 0.0142. The van der Waals surface area contributed by atoms with Crippen LogP contribution in [0.2, 0.25) is 0 Å². The number of hydrogen-bond donors (Lipinski definition) is 3. The first-order valence-corrected chi connectivity index (χ1v) is 5.29. The second-order valence-corrected chi connectivity index (χ2v) is 3.56. The average molecular weight is 202 g/mol. The minimum atomic E-state index is -0.0540. The smallest absolute Gasteiger partial charge is 0.221 e. The van der Waals surface area contributed by atoms with Crippen LogP contribution in [0.1, 0.15) is 39.5 Å². The SMILES string of the molecule is CCC(N)CC(=O)NC(CC)CCO. The van der Waals surface area contributed by atoms with E-state index in [1.54, 1.807) is 0 Å². The van der Waals surface area contributed by atoms with E-state index in [1.165, 1.54) is 0 Å². The monoisotopic (exact) mass is 202 g/mol. The number of nitrogens with one attached hydrogen (secondary N) is 1. The normalized spacial score (nSPS) is 14.9. The molecule has 0 aromatic carbocycles. The fourth-order valence-corrected chi connectivity index (χ4v) is 1.20. The highest BCUT2D eigenvalue weighted by atomic mass is 16.3. The molecule has 0 heterocycles. The zero-order valence-corrected chi connectivity index (χ0v) is 9.12. The molecule has 0 bridgehead atoms. The Hall–Kier alpha value is -0.610. The van der Waals surface area contributed by atoms with E-state index in [-0.39, 0.29) is 24.6 Å². The van der Waals surface area contributed by atoms with Crippen molar-refractivity contribution >= 4 is 5.91 Å². The molecule has 0 spiro atoms. The zero-order valence-electron chi connectivity index (χ0n) is 9.12. The van der Waals surface area contributed by atoms with Crippen molar-refractivity contribution < 1.29 is 9.90 Å². The van der Waals surface area contributed by atoms with Crippen molar-refractivity contribution in [2.24, 2.45) is 5.73 Å². The summed E-state index contributed by atoms with van der Waals surface area (Å²) in [5.74, 6) is -0.0142. The van der Waals surface area contributed by atoms with Gasteiger partial charge in [0, 0.05) is 25.1 Å². The lowest BCUT2D eigenvalue weighted by atomic mass is 10.1. The van der Waals surface area contributed by atoms with Gasteiger partial charge in [-0.2, -0.15) is 0 Å². The summed E-state index contributed by atoms with van der Waals surface area (Å²) >= 11 is 0. The Balaban J connectivity index is 3.78. The highest BCUT2D eigenvalue weighted by Gasteiger charge is 2.11. The maximum atomic E-state index is 11.4. The number of aliphatic hydroxyl groups is 1. The van der Waals surface area contributed by atoms with Crippen molar-refractivity contribution in [3.8, 4) is 0 Å². The van der Waals surface area contributed by atoms with Gasteiger partial charge in [-0.25, -0.2) is 0 Å². The van der Waals surface area contributed by atoms with E-state index >= 15 is 0 Å². The van der Waals surface area contributed by atoms with Gasteiger partial charge in [0.2, 0.25) is 5.91 Å². The third-order valence-electron chi connectivity index (χ3n) is 2.31. The van der Waals surface area contributed by atoms with Crippen LogP contribution in [0.4, 0.5) is 0 Å². The van der Waals surface area contributed by atoms with Crippen molar-refractivity contribution in [1.29, 1.82) is 0 Å². The summed E-state index contributed by atoms with van der Waals surface area (Å²) in [6, 6.07) is 0.0261. The van der Waals surface area contributed by atoms with Crippen LogP contribution in [0.25, 0.3) is 0 Å². The van der Waals surface area contributed by atoms with Crippen LogP contribution in [-0.2, 0) is 4.79 Å². The van der Waals surface area contributed by atoms with Gasteiger partial charge < -0.3 is 16.2 Å². The van der Waals surface area contributed by atoms with E-state index in [0.29, 0.717) is 12.8 Å². The van der Waals surface area contributed by atoms with E-state index in [9.17, 15) is 4.79 Å². The summed E-state index contributed by atoms with van der Waals surface area (Å²) in [4.78, 5) is 11.4. The molecule has 1 amide bonds. The van der Waals surface area contributed by atoms with E-state index < -0.39 is 0 Å². The third-order valence-corrected chi connectivity index (χ3v) is 2.31. The Morgan fingerprint density at radius 2 is 2.07 bits per heavy atom. The van der Waals surface area contributed by atoms with E-state index in [4.69, 9.17) is 10.8 Å². The first-order chi connectivity index (χ1) is 6.63. The number of nitrogens with two attached hydrogens (primary N) is 1. The summed E-state index contributed by atoms with van der Waals surface area (Å²) in [6.07, 6.45) is 2.64. The maximum absolute atomic E-state index is 11.4. The minimum Gasteiger partial charge on any atom is -0.396 e. The third kappa shape index (κ3) is 5.94. The summed E-state index contributed by atoms with van der Waals surface area (Å²) in [6.45, 7) is 4.06. The molecule has 0 fully saturated rings. The van der Waals surface area contributed by atoms with Gasteiger partial charge in [0.15, 0.2) is 0 Å². The van der Waals surface area contributed by atoms with Gasteiger partial charge in [-0.15, -0.1) is 0 Å². The maximum Gasteiger partial charge on any atom is 0.221 e. The molecule has 0 aliphatic rings. The molecule has 0 saturated heterocycles. The highest BCUT2D eigenvalue weighted by molar-refractivity contribution is 5.76. The van der Waals surface area contributed by atoms with Crippen LogP contribution in [0.15, 0.2) is 0 Å². The molecule has 4 N–H and O–H groups in total. The van der Waals surface area contributed by atoms with Crippen molar-refractivity contribution in [3.05, 3.63) is 0 Å². The van der Waals surface area contributed by atoms with Crippen LogP contribution in [0.3, 0.4) is 0 Å². The lowest BCUT2D eigenvalue weighted by Gasteiger charge is -2.17. The number of amides is 1. The van der Waals surface area contributed by atoms with Gasteiger partial charge in [0.1, 0.15) is 0 Å². The standard InChI is InChI=1S/C10H22N2O2/c1-3-8(11)7-10(14)12-9(4-2)5-6-13/h8-9,13H,3-7,11H2,1-2H3,(H,12,14). The lowest BCUT2D eigenvalue weighted by Crippen LogP contribution is -2.38. The highest BCUT2D eigenvalue weighted by Crippen LogP contribution is 1.99. The average Bonchev–Trinajstić information content (AvgIpc) is 2.16. The van der Waals surface area contributed by atoms with Crippen molar-refractivity contribution in [1.82, 2.24) is 5.32 Å². The van der Waals surface area contributed by atoms with Crippen LogP contribution in [-0.4, -0.2) is 29.7 Å². The fraction of sp³-hybridized carbons (Fsp3) is 0.900. The predicted octanol–water partition coefficient (Wildman–Crippen LogP) is 0.391. The van der Waals surface area contributed by atoms with Crippen molar-refractivity contribution in [2.45, 2.75) is 51.6 Å². The number of carbonyl (C=O) groups is 1. The Labute approximate surface area is 85.9 Å². The largest absolute Gasteiger partial charge is 0.396 e. The molecule has 4 heteroatoms. The number of aliphatic hydroxyl groups excluding tert-OH is 1. The molecule has 84 valence electrons. The van der Waals surface area contributed by atoms with Crippen LogP contribution < -0.4 is 11.1 Å². The molecule has 0 saturated carbocycles. The zero-order chi connectivity index (χ0) is 11.0. The number of rotatable bonds is 7. The first-order valence-electron chi connectivity index (χ1n) is 5.29. The molecule has 14 heavy (non-hydrogen) atoms. The van der Waals surface area contributed by atoms with E-state index in [1.807, 2.05) is 13.8 Å². The van der Waals surface area contributed by atoms with Crippen LogP contribution in [0.5, 0.6) is 0 Å². The van der Waals surface area contributed by atoms with Gasteiger partial charge in [0.05, 0.1) is 0 Å². The summed E-state index contributed by atoms with van der Waals surface area (Å²) < 4.78 is 0. The molecule has 0 rings (SSSR count). The van der Waals surface area contributed by atoms with Crippen LogP contribution in [0, 0.1) is 0 Å². The molecular weight excluding hydrogens is 180 g/mol. The summed E-state index contributed by atoms with van der Waals surface area (Å²) in [7, 11) is 0. The molecule has 4 nitrogen and oxygen atoms in total. The van der Waals surface area contributed by atoms with E-state index in [2.05, 4.69) is 5.32 Å². The Bertz CT molecular complexity index is 162.